The molecule has 1 aromatic carbocycles. The minimum absolute atomic E-state index is 0.0366. The molecular formula is C29H31F6N5O4. The first-order chi connectivity index (χ1) is 20.5. The monoisotopic (exact) mass is 627 g/mol. The van der Waals surface area contributed by atoms with Crippen LogP contribution in [0.2, 0.25) is 0 Å². The third-order valence-corrected chi connectivity index (χ3v) is 6.52. The number of amides is 1. The minimum Gasteiger partial charge on any atom is -0.444 e. The lowest BCUT2D eigenvalue weighted by atomic mass is 9.95. The second-order valence-corrected chi connectivity index (χ2v) is 11.1. The van der Waals surface area contributed by atoms with Crippen molar-refractivity contribution in [1.29, 1.82) is 0 Å². The van der Waals surface area contributed by atoms with Crippen LogP contribution in [0.3, 0.4) is 0 Å². The van der Waals surface area contributed by atoms with Gasteiger partial charge >= 0.3 is 18.4 Å². The summed E-state index contributed by atoms with van der Waals surface area (Å²) in [6, 6.07) is 8.77. The van der Waals surface area contributed by atoms with E-state index >= 15 is 0 Å². The maximum absolute atomic E-state index is 14.9. The van der Waals surface area contributed by atoms with Crippen molar-refractivity contribution in [2.45, 2.75) is 70.2 Å². The summed E-state index contributed by atoms with van der Waals surface area (Å²) in [7, 11) is 1.38. The topological polar surface area (TPSA) is 103 Å². The molecule has 1 atom stereocenters. The molecule has 0 spiro atoms. The average molecular weight is 628 g/mol. The van der Waals surface area contributed by atoms with Crippen LogP contribution in [0.25, 0.3) is 11.6 Å². The quantitative estimate of drug-likeness (QED) is 0.233. The van der Waals surface area contributed by atoms with Crippen molar-refractivity contribution in [3.63, 3.8) is 0 Å². The number of carbonyl (C=O) groups is 1. The third-order valence-electron chi connectivity index (χ3n) is 6.52. The van der Waals surface area contributed by atoms with E-state index in [1.54, 1.807) is 57.2 Å². The van der Waals surface area contributed by atoms with Crippen molar-refractivity contribution in [2.24, 2.45) is 0 Å². The largest absolute Gasteiger partial charge is 0.444 e. The molecule has 4 bridgehead atoms. The highest BCUT2D eigenvalue weighted by Crippen LogP contribution is 2.47. The van der Waals surface area contributed by atoms with Gasteiger partial charge in [0.1, 0.15) is 17.0 Å². The Labute approximate surface area is 249 Å². The van der Waals surface area contributed by atoms with E-state index in [9.17, 15) is 31.1 Å². The Hall–Kier alpha value is -4.14. The number of hydrogen-bond donors (Lipinski definition) is 1. The number of anilines is 2. The summed E-state index contributed by atoms with van der Waals surface area (Å²) in [6.07, 6.45) is -8.61. The van der Waals surface area contributed by atoms with Crippen molar-refractivity contribution in [3.05, 3.63) is 65.6 Å². The summed E-state index contributed by atoms with van der Waals surface area (Å²) in [5.74, 6) is -2.20. The van der Waals surface area contributed by atoms with Crippen LogP contribution in [0, 0.1) is 0 Å². The van der Waals surface area contributed by atoms with Gasteiger partial charge in [0.25, 0.3) is 11.8 Å². The van der Waals surface area contributed by atoms with Crippen molar-refractivity contribution >= 4 is 17.6 Å². The van der Waals surface area contributed by atoms with Crippen LogP contribution in [-0.2, 0) is 27.9 Å². The van der Waals surface area contributed by atoms with Gasteiger partial charge in [0.2, 0.25) is 5.60 Å². The average Bonchev–Trinajstić information content (AvgIpc) is 3.40. The number of ether oxygens (including phenoxy) is 2. The Morgan fingerprint density at radius 3 is 2.36 bits per heavy atom. The van der Waals surface area contributed by atoms with Crippen molar-refractivity contribution in [3.8, 4) is 11.6 Å². The molecule has 1 aliphatic heterocycles. The highest BCUT2D eigenvalue weighted by atomic mass is 19.4. The first-order valence-electron chi connectivity index (χ1n) is 13.6. The molecule has 1 aliphatic rings. The van der Waals surface area contributed by atoms with Gasteiger partial charge in [-0.25, -0.2) is 9.78 Å². The zero-order valence-electron chi connectivity index (χ0n) is 24.3. The zero-order valence-corrected chi connectivity index (χ0v) is 24.3. The van der Waals surface area contributed by atoms with Gasteiger partial charge in [0.15, 0.2) is 5.69 Å². The van der Waals surface area contributed by atoms with Crippen LogP contribution in [0.1, 0.15) is 57.1 Å². The van der Waals surface area contributed by atoms with Crippen LogP contribution in [-0.4, -0.2) is 46.6 Å². The van der Waals surface area contributed by atoms with E-state index in [0.29, 0.717) is 11.6 Å². The molecule has 4 rings (SSSR count). The summed E-state index contributed by atoms with van der Waals surface area (Å²) in [5, 5.41) is 9.60. The molecule has 1 N–H and O–H groups in total. The number of pyridine rings is 1. The highest BCUT2D eigenvalue weighted by molar-refractivity contribution is 5.90. The van der Waals surface area contributed by atoms with E-state index in [1.165, 1.54) is 18.0 Å². The number of carbonyl (C=O) groups excluding carboxylic acids is 1. The molecule has 9 nitrogen and oxygen atoms in total. The molecule has 3 aromatic rings. The van der Waals surface area contributed by atoms with E-state index in [-0.39, 0.29) is 19.4 Å². The second kappa shape index (κ2) is 12.5. The fourth-order valence-corrected chi connectivity index (χ4v) is 4.42. The van der Waals surface area contributed by atoms with E-state index in [2.05, 4.69) is 20.5 Å². The Morgan fingerprint density at radius 1 is 1.05 bits per heavy atom. The summed E-state index contributed by atoms with van der Waals surface area (Å²) < 4.78 is 104. The molecular weight excluding hydrogens is 596 g/mol. The fourth-order valence-electron chi connectivity index (χ4n) is 4.42. The normalized spacial score (nSPS) is 18.1. The molecule has 15 heteroatoms. The van der Waals surface area contributed by atoms with Crippen LogP contribution in [0.4, 0.5) is 42.6 Å². The number of nitrogens with one attached hydrogen (secondary N) is 1. The lowest BCUT2D eigenvalue weighted by molar-refractivity contribution is -0.299. The standard InChI is InChI=1S/C29H31F6N5O4/c1-26(2,3)44-25(41)36-20-16-19(28(30,31)32)22-37-21(20)23-38-39-24(43-23)27(29(33,34)35,14-10-5-6-11-15-40(22)4)42-17-18-12-8-7-9-13-18/h5-9,12-13,16H,10-11,14-15,17H2,1-4H3,(H,36,41). The smallest absolute Gasteiger partial charge is 0.426 e. The number of aromatic nitrogens is 3. The maximum Gasteiger partial charge on any atom is 0.426 e. The summed E-state index contributed by atoms with van der Waals surface area (Å²) in [5.41, 5.74) is -5.91. The van der Waals surface area contributed by atoms with Crippen molar-refractivity contribution < 1.29 is 45.0 Å². The Kier molecular flexibility index (Phi) is 9.28. The number of fused-ring (bicyclic) bond motifs is 5. The van der Waals surface area contributed by atoms with Gasteiger partial charge in [-0.15, -0.1) is 10.2 Å². The van der Waals surface area contributed by atoms with Gasteiger partial charge in [-0.3, -0.25) is 5.32 Å². The number of benzene rings is 1. The van der Waals surface area contributed by atoms with Crippen LogP contribution in [0.5, 0.6) is 0 Å². The molecule has 0 saturated heterocycles. The number of nitrogens with zero attached hydrogens (tertiary/aromatic N) is 4. The minimum atomic E-state index is -5.05. The highest BCUT2D eigenvalue weighted by Gasteiger charge is 2.61. The number of rotatable bonds is 4. The molecule has 238 valence electrons. The van der Waals surface area contributed by atoms with Crippen LogP contribution in [0.15, 0.2) is 53.0 Å². The van der Waals surface area contributed by atoms with Gasteiger partial charge in [0.05, 0.1) is 12.3 Å². The number of halogens is 6. The summed E-state index contributed by atoms with van der Waals surface area (Å²) in [6.45, 7) is 4.20. The maximum atomic E-state index is 14.9. The molecule has 1 unspecified atom stereocenters. The molecule has 0 aliphatic carbocycles. The molecule has 2 aromatic heterocycles. The SMILES string of the molecule is CN1CCC=CCCC(OCc2ccccc2)(C(F)(F)F)c2nnc(o2)-c2nc1c(C(F)(F)F)cc2NC(=O)OC(C)(C)C. The number of allylic oxidation sites excluding steroid dienone is 1. The van der Waals surface area contributed by atoms with E-state index in [1.807, 2.05) is 0 Å². The summed E-state index contributed by atoms with van der Waals surface area (Å²) in [4.78, 5) is 17.9. The molecule has 1 amide bonds. The van der Waals surface area contributed by atoms with Crippen LogP contribution < -0.4 is 10.2 Å². The fraction of sp³-hybridized carbons (Fsp3) is 0.448. The molecule has 44 heavy (non-hydrogen) atoms. The van der Waals surface area contributed by atoms with Gasteiger partial charge in [0, 0.05) is 13.6 Å². The van der Waals surface area contributed by atoms with Gasteiger partial charge in [-0.05, 0) is 51.7 Å². The van der Waals surface area contributed by atoms with Gasteiger partial charge in [-0.1, -0.05) is 42.5 Å². The summed E-state index contributed by atoms with van der Waals surface area (Å²) >= 11 is 0. The number of hydrogen-bond acceptors (Lipinski definition) is 8. The Morgan fingerprint density at radius 2 is 1.73 bits per heavy atom. The lowest BCUT2D eigenvalue weighted by Gasteiger charge is -2.32. The lowest BCUT2D eigenvalue weighted by Crippen LogP contribution is -2.45. The van der Waals surface area contributed by atoms with E-state index < -0.39 is 77.2 Å². The zero-order chi connectivity index (χ0) is 32.3. The molecule has 0 fully saturated rings. The second-order valence-electron chi connectivity index (χ2n) is 11.1. The Bertz CT molecular complexity index is 1480. The molecule has 0 radical (unpaired) electrons. The van der Waals surface area contributed by atoms with Gasteiger partial charge in [-0.2, -0.15) is 26.3 Å². The Balaban J connectivity index is 1.91. The first-order valence-corrected chi connectivity index (χ1v) is 13.6. The van der Waals surface area contributed by atoms with E-state index in [4.69, 9.17) is 13.9 Å². The predicted octanol–water partition coefficient (Wildman–Crippen LogP) is 7.65. The predicted molar refractivity (Wildman–Crippen MR) is 148 cm³/mol. The number of alkyl halides is 6. The van der Waals surface area contributed by atoms with Gasteiger partial charge < -0.3 is 18.8 Å². The first kappa shape index (κ1) is 32.8. The van der Waals surface area contributed by atoms with Crippen molar-refractivity contribution in [2.75, 3.05) is 23.8 Å². The van der Waals surface area contributed by atoms with Crippen molar-refractivity contribution in [1.82, 2.24) is 15.2 Å². The molecule has 3 heterocycles. The van der Waals surface area contributed by atoms with E-state index in [0.717, 1.165) is 0 Å². The third kappa shape index (κ3) is 7.49. The van der Waals surface area contributed by atoms with Crippen LogP contribution >= 0.6 is 0 Å². The molecule has 0 saturated carbocycles.